The molecule has 136 valence electrons. The smallest absolute Gasteiger partial charge is 0.324 e. The van der Waals surface area contributed by atoms with Gasteiger partial charge < -0.3 is 9.80 Å². The van der Waals surface area contributed by atoms with E-state index >= 15 is 0 Å². The van der Waals surface area contributed by atoms with Crippen molar-refractivity contribution in [2.75, 3.05) is 51.2 Å². The number of amides is 3. The zero-order valence-electron chi connectivity index (χ0n) is 15.0. The number of nitrogens with zero attached hydrogens (tertiary/aromatic N) is 6. The SMILES string of the molecule is CC(=O)N1CCCC1CN1CC(n2cc(N3CCN(C)C3=O)cn2)C1. The highest BCUT2D eigenvalue weighted by atomic mass is 16.2. The molecular weight excluding hydrogens is 320 g/mol. The molecule has 3 saturated heterocycles. The number of hydrogen-bond donors (Lipinski definition) is 0. The van der Waals surface area contributed by atoms with Gasteiger partial charge in [0.15, 0.2) is 0 Å². The number of likely N-dealkylation sites (N-methyl/N-ethyl adjacent to an activating group) is 1. The van der Waals surface area contributed by atoms with Crippen molar-refractivity contribution < 1.29 is 9.59 Å². The van der Waals surface area contributed by atoms with Crippen molar-refractivity contribution >= 4 is 17.6 Å². The van der Waals surface area contributed by atoms with E-state index in [1.807, 2.05) is 22.8 Å². The minimum absolute atomic E-state index is 0.0420. The monoisotopic (exact) mass is 346 g/mol. The topological polar surface area (TPSA) is 64.9 Å². The number of aromatic nitrogens is 2. The molecule has 4 rings (SSSR count). The van der Waals surface area contributed by atoms with Crippen LogP contribution in [0.5, 0.6) is 0 Å². The van der Waals surface area contributed by atoms with Gasteiger partial charge in [0.2, 0.25) is 5.91 Å². The molecule has 3 amide bonds. The van der Waals surface area contributed by atoms with Crippen LogP contribution in [-0.4, -0.2) is 88.8 Å². The Labute approximate surface area is 147 Å². The lowest BCUT2D eigenvalue weighted by Crippen LogP contribution is -2.53. The van der Waals surface area contributed by atoms with Gasteiger partial charge in [-0.25, -0.2) is 4.79 Å². The van der Waals surface area contributed by atoms with Gasteiger partial charge in [0.1, 0.15) is 0 Å². The average Bonchev–Trinajstić information content (AvgIpc) is 3.24. The normalized spacial score (nSPS) is 25.1. The number of likely N-dealkylation sites (tertiary alicyclic amines) is 2. The minimum atomic E-state index is 0.0420. The first-order chi connectivity index (χ1) is 12.0. The van der Waals surface area contributed by atoms with Crippen molar-refractivity contribution in [2.45, 2.75) is 31.8 Å². The lowest BCUT2D eigenvalue weighted by Gasteiger charge is -2.41. The number of carbonyl (C=O) groups is 2. The Kier molecular flexibility index (Phi) is 4.15. The second kappa shape index (κ2) is 6.33. The van der Waals surface area contributed by atoms with Crippen molar-refractivity contribution in [2.24, 2.45) is 0 Å². The predicted octanol–water partition coefficient (Wildman–Crippen LogP) is 0.623. The summed E-state index contributed by atoms with van der Waals surface area (Å²) < 4.78 is 1.98. The van der Waals surface area contributed by atoms with Crippen molar-refractivity contribution in [3.8, 4) is 0 Å². The second-order valence-corrected chi connectivity index (χ2v) is 7.42. The molecule has 1 unspecified atom stereocenters. The molecule has 3 aliphatic rings. The van der Waals surface area contributed by atoms with Crippen molar-refractivity contribution in [1.82, 2.24) is 24.5 Å². The van der Waals surface area contributed by atoms with Crippen LogP contribution in [0.1, 0.15) is 25.8 Å². The van der Waals surface area contributed by atoms with E-state index in [-0.39, 0.29) is 11.9 Å². The fourth-order valence-corrected chi connectivity index (χ4v) is 4.15. The highest BCUT2D eigenvalue weighted by Crippen LogP contribution is 2.27. The number of hydrogen-bond acceptors (Lipinski definition) is 4. The molecule has 8 nitrogen and oxygen atoms in total. The molecule has 0 saturated carbocycles. The quantitative estimate of drug-likeness (QED) is 0.802. The molecule has 8 heteroatoms. The minimum Gasteiger partial charge on any atom is -0.339 e. The van der Waals surface area contributed by atoms with Crippen molar-refractivity contribution in [3.05, 3.63) is 12.4 Å². The molecule has 1 aromatic heterocycles. The number of carbonyl (C=O) groups excluding carboxylic acids is 2. The molecule has 3 fully saturated rings. The first-order valence-corrected chi connectivity index (χ1v) is 9.09. The first kappa shape index (κ1) is 16.4. The largest absolute Gasteiger partial charge is 0.339 e. The molecule has 1 aromatic rings. The van der Waals surface area contributed by atoms with Gasteiger partial charge in [-0.15, -0.1) is 0 Å². The van der Waals surface area contributed by atoms with Crippen LogP contribution in [-0.2, 0) is 4.79 Å². The Morgan fingerprint density at radius 1 is 1.28 bits per heavy atom. The van der Waals surface area contributed by atoms with E-state index in [9.17, 15) is 9.59 Å². The molecule has 0 aliphatic carbocycles. The van der Waals surface area contributed by atoms with Gasteiger partial charge in [0, 0.05) is 65.5 Å². The van der Waals surface area contributed by atoms with Crippen LogP contribution < -0.4 is 4.90 Å². The molecule has 0 spiro atoms. The summed E-state index contributed by atoms with van der Waals surface area (Å²) in [7, 11) is 1.82. The predicted molar refractivity (Wildman–Crippen MR) is 93.5 cm³/mol. The number of anilines is 1. The van der Waals surface area contributed by atoms with E-state index in [0.717, 1.165) is 57.8 Å². The lowest BCUT2D eigenvalue weighted by molar-refractivity contribution is -0.130. The Bertz CT molecular complexity index is 668. The average molecular weight is 346 g/mol. The molecule has 25 heavy (non-hydrogen) atoms. The van der Waals surface area contributed by atoms with Crippen molar-refractivity contribution in [3.63, 3.8) is 0 Å². The standard InChI is InChI=1S/C17H26N6O2/c1-13(24)21-5-3-4-14(21)9-20-10-16(11-20)23-12-15(8-18-23)22-7-6-19(2)17(22)25/h8,12,14,16H,3-7,9-11H2,1-2H3. The van der Waals surface area contributed by atoms with Crippen molar-refractivity contribution in [1.29, 1.82) is 0 Å². The molecule has 1 atom stereocenters. The summed E-state index contributed by atoms with van der Waals surface area (Å²) in [5, 5.41) is 4.46. The lowest BCUT2D eigenvalue weighted by atomic mass is 10.1. The second-order valence-electron chi connectivity index (χ2n) is 7.42. The van der Waals surface area contributed by atoms with E-state index in [0.29, 0.717) is 12.1 Å². The van der Waals surface area contributed by atoms with Gasteiger partial charge >= 0.3 is 6.03 Å². The van der Waals surface area contributed by atoms with Gasteiger partial charge in [-0.1, -0.05) is 0 Å². The highest BCUT2D eigenvalue weighted by Gasteiger charge is 2.35. The number of rotatable bonds is 4. The van der Waals surface area contributed by atoms with E-state index in [2.05, 4.69) is 10.00 Å². The van der Waals surface area contributed by atoms with Gasteiger partial charge in [0.05, 0.1) is 17.9 Å². The Morgan fingerprint density at radius 3 is 2.76 bits per heavy atom. The third-order valence-corrected chi connectivity index (χ3v) is 5.68. The summed E-state index contributed by atoms with van der Waals surface area (Å²) in [5.74, 6) is 0.191. The number of urea groups is 1. The van der Waals surface area contributed by atoms with E-state index < -0.39 is 0 Å². The highest BCUT2D eigenvalue weighted by molar-refractivity contribution is 5.93. The van der Waals surface area contributed by atoms with Crippen LogP contribution in [0.4, 0.5) is 10.5 Å². The van der Waals surface area contributed by atoms with E-state index in [1.165, 1.54) is 0 Å². The van der Waals surface area contributed by atoms with Gasteiger partial charge in [0.25, 0.3) is 0 Å². The van der Waals surface area contributed by atoms with Gasteiger partial charge in [-0.05, 0) is 12.8 Å². The molecule has 0 aromatic carbocycles. The maximum absolute atomic E-state index is 12.1. The molecule has 0 N–H and O–H groups in total. The summed E-state index contributed by atoms with van der Waals surface area (Å²) in [4.78, 5) is 31.7. The van der Waals surface area contributed by atoms with Crippen LogP contribution in [0.15, 0.2) is 12.4 Å². The van der Waals surface area contributed by atoms with Crippen LogP contribution in [0.2, 0.25) is 0 Å². The Hall–Kier alpha value is -2.09. The molecule has 0 radical (unpaired) electrons. The Morgan fingerprint density at radius 2 is 2.08 bits per heavy atom. The maximum atomic E-state index is 12.1. The summed E-state index contributed by atoms with van der Waals surface area (Å²) >= 11 is 0. The zero-order valence-corrected chi connectivity index (χ0v) is 15.0. The van der Waals surface area contributed by atoms with Gasteiger partial charge in [-0.2, -0.15) is 5.10 Å². The fourth-order valence-electron chi connectivity index (χ4n) is 4.15. The molecule has 0 bridgehead atoms. The van der Waals surface area contributed by atoms with Gasteiger partial charge in [-0.3, -0.25) is 19.3 Å². The van der Waals surface area contributed by atoms with Crippen LogP contribution >= 0.6 is 0 Å². The van der Waals surface area contributed by atoms with Crippen LogP contribution in [0.25, 0.3) is 0 Å². The van der Waals surface area contributed by atoms with Crippen LogP contribution in [0.3, 0.4) is 0 Å². The summed E-state index contributed by atoms with van der Waals surface area (Å²) in [6.45, 7) is 6.92. The maximum Gasteiger partial charge on any atom is 0.324 e. The first-order valence-electron chi connectivity index (χ1n) is 9.09. The van der Waals surface area contributed by atoms with E-state index in [1.54, 1.807) is 22.9 Å². The van der Waals surface area contributed by atoms with E-state index in [4.69, 9.17) is 0 Å². The van der Waals surface area contributed by atoms with Crippen LogP contribution in [0, 0.1) is 0 Å². The summed E-state index contributed by atoms with van der Waals surface area (Å²) in [5.41, 5.74) is 0.881. The summed E-state index contributed by atoms with van der Waals surface area (Å²) in [6.07, 6.45) is 5.99. The molecule has 3 aliphatic heterocycles. The Balaban J connectivity index is 1.31. The fraction of sp³-hybridized carbons (Fsp3) is 0.706. The zero-order chi connectivity index (χ0) is 17.6. The summed E-state index contributed by atoms with van der Waals surface area (Å²) in [6, 6.07) is 0.765. The molecule has 4 heterocycles. The third-order valence-electron chi connectivity index (χ3n) is 5.68. The molecular formula is C17H26N6O2. The third kappa shape index (κ3) is 2.99.